The van der Waals surface area contributed by atoms with Crippen LogP contribution in [0.15, 0.2) is 45.8 Å². The lowest BCUT2D eigenvalue weighted by Crippen LogP contribution is -2.33. The highest BCUT2D eigenvalue weighted by molar-refractivity contribution is 7.90. The highest BCUT2D eigenvalue weighted by Crippen LogP contribution is 2.24. The van der Waals surface area contributed by atoms with Crippen LogP contribution in [0, 0.1) is 5.92 Å². The molecule has 2 aromatic rings. The van der Waals surface area contributed by atoms with Gasteiger partial charge in [0.05, 0.1) is 5.02 Å². The summed E-state index contributed by atoms with van der Waals surface area (Å²) < 4.78 is 27.6. The first-order valence-corrected chi connectivity index (χ1v) is 10.9. The van der Waals surface area contributed by atoms with Crippen molar-refractivity contribution >= 4 is 33.3 Å². The summed E-state index contributed by atoms with van der Waals surface area (Å²) in [6.45, 7) is 4.33. The van der Waals surface area contributed by atoms with Crippen LogP contribution < -0.4 is 22.5 Å². The number of benzene rings is 1. The zero-order valence-electron chi connectivity index (χ0n) is 16.5. The third-order valence-corrected chi connectivity index (χ3v) is 6.01. The Kier molecular flexibility index (Phi) is 7.97. The van der Waals surface area contributed by atoms with Crippen LogP contribution in [-0.2, 0) is 23.0 Å². The molecule has 0 aliphatic heterocycles. The molecule has 0 amide bonds. The molecule has 0 aliphatic carbocycles. The summed E-state index contributed by atoms with van der Waals surface area (Å²) >= 11 is 6.22. The lowest BCUT2D eigenvalue weighted by Gasteiger charge is -2.22. The molecule has 7 N–H and O–H groups in total. The fourth-order valence-electron chi connectivity index (χ4n) is 2.79. The molecule has 0 bridgehead atoms. The van der Waals surface area contributed by atoms with Gasteiger partial charge in [0, 0.05) is 25.3 Å². The lowest BCUT2D eigenvalue weighted by molar-refractivity contribution is 0.462. The van der Waals surface area contributed by atoms with Crippen LogP contribution >= 0.6 is 11.6 Å². The van der Waals surface area contributed by atoms with Crippen molar-refractivity contribution < 1.29 is 8.42 Å². The molecule has 0 saturated heterocycles. The number of hydrogen-bond donors (Lipinski definition) is 4. The smallest absolute Gasteiger partial charge is 0.285 e. The average Bonchev–Trinajstić information content (AvgIpc) is 2.64. The molecule has 1 heterocycles. The number of anilines is 1. The van der Waals surface area contributed by atoms with Crippen LogP contribution in [0.3, 0.4) is 0 Å². The molecule has 29 heavy (non-hydrogen) atoms. The van der Waals surface area contributed by atoms with Crippen LogP contribution in [0.4, 0.5) is 5.82 Å². The van der Waals surface area contributed by atoms with Crippen molar-refractivity contribution in [3.05, 3.63) is 52.7 Å². The Labute approximate surface area is 176 Å². The Morgan fingerprint density at radius 2 is 2.00 bits per heavy atom. The molecular formula is C19H27ClN6O2S. The number of pyridine rings is 1. The van der Waals surface area contributed by atoms with Gasteiger partial charge in [-0.1, -0.05) is 35.9 Å². The third kappa shape index (κ3) is 6.67. The van der Waals surface area contributed by atoms with Gasteiger partial charge in [-0.25, -0.2) is 4.98 Å². The Balaban J connectivity index is 2.12. The lowest BCUT2D eigenvalue weighted by atomic mass is 9.92. The van der Waals surface area contributed by atoms with Gasteiger partial charge in [-0.05, 0) is 43.4 Å². The van der Waals surface area contributed by atoms with Gasteiger partial charge in [0.2, 0.25) is 0 Å². The number of nitrogens with two attached hydrogens (primary N) is 3. The molecule has 0 unspecified atom stereocenters. The summed E-state index contributed by atoms with van der Waals surface area (Å²) in [6, 6.07) is 9.29. The van der Waals surface area contributed by atoms with E-state index in [9.17, 15) is 8.42 Å². The second-order valence-electron chi connectivity index (χ2n) is 6.94. The summed E-state index contributed by atoms with van der Waals surface area (Å²) in [7, 11) is -3.93. The summed E-state index contributed by atoms with van der Waals surface area (Å²) in [6.07, 6.45) is 1.95. The predicted molar refractivity (Wildman–Crippen MR) is 117 cm³/mol. The molecule has 2 rings (SSSR count). The molecule has 0 saturated carbocycles. The average molecular weight is 439 g/mol. The van der Waals surface area contributed by atoms with Crippen molar-refractivity contribution in [2.45, 2.75) is 37.8 Å². The van der Waals surface area contributed by atoms with Crippen LogP contribution in [-0.4, -0.2) is 31.8 Å². The quantitative estimate of drug-likeness (QED) is 0.344. The van der Waals surface area contributed by atoms with E-state index in [1.807, 2.05) is 25.1 Å². The van der Waals surface area contributed by atoms with E-state index in [2.05, 4.69) is 20.8 Å². The summed E-state index contributed by atoms with van der Waals surface area (Å²) in [4.78, 5) is 4.00. The monoisotopic (exact) mass is 438 g/mol. The minimum Gasteiger partial charge on any atom is -0.387 e. The summed E-state index contributed by atoms with van der Waals surface area (Å²) in [5.41, 5.74) is 19.4. The van der Waals surface area contributed by atoms with E-state index in [0.717, 1.165) is 17.5 Å². The molecular weight excluding hydrogens is 412 g/mol. The highest BCUT2D eigenvalue weighted by Gasteiger charge is 2.18. The highest BCUT2D eigenvalue weighted by atomic mass is 35.5. The van der Waals surface area contributed by atoms with Crippen molar-refractivity contribution in [1.29, 1.82) is 0 Å². The zero-order valence-corrected chi connectivity index (χ0v) is 18.0. The second kappa shape index (κ2) is 10.0. The molecule has 0 spiro atoms. The number of sulfonamides is 1. The van der Waals surface area contributed by atoms with E-state index in [-0.39, 0.29) is 27.7 Å². The molecule has 1 aromatic heterocycles. The van der Waals surface area contributed by atoms with Crippen LogP contribution in [0.25, 0.3) is 0 Å². The topological polar surface area (TPSA) is 149 Å². The second-order valence-corrected chi connectivity index (χ2v) is 8.95. The molecule has 0 aliphatic rings. The maximum atomic E-state index is 12.1. The number of amidine groups is 1. The maximum Gasteiger partial charge on any atom is 0.285 e. The number of rotatable bonds is 9. The first-order valence-electron chi connectivity index (χ1n) is 9.12. The summed E-state index contributed by atoms with van der Waals surface area (Å²) in [5, 5.41) is 3.33. The Bertz CT molecular complexity index is 974. The molecule has 8 nitrogen and oxygen atoms in total. The number of aromatic nitrogens is 1. The minimum absolute atomic E-state index is 0.0678. The van der Waals surface area contributed by atoms with Crippen LogP contribution in [0.1, 0.15) is 25.0 Å². The van der Waals surface area contributed by atoms with Gasteiger partial charge < -0.3 is 22.5 Å². The van der Waals surface area contributed by atoms with Gasteiger partial charge in [0.15, 0.2) is 0 Å². The Morgan fingerprint density at radius 3 is 2.59 bits per heavy atom. The van der Waals surface area contributed by atoms with Crippen LogP contribution in [0.5, 0.6) is 0 Å². The van der Waals surface area contributed by atoms with Crippen LogP contribution in [0.2, 0.25) is 5.02 Å². The van der Waals surface area contributed by atoms with Crippen molar-refractivity contribution in [3.63, 3.8) is 0 Å². The zero-order chi connectivity index (χ0) is 21.6. The normalized spacial score (nSPS) is 14.4. The van der Waals surface area contributed by atoms with E-state index < -0.39 is 10.0 Å². The standard InChI is InChI=1S/C19H27ClN6O2S/c1-12(22)16(7-14-4-3-5-15(6-14)9-21)10-24-19-18(20)8-17(11-25-19)29(27,28)26-13(2)23/h3-6,8,11-12,16H,7,9-10,21-22H2,1-2H3,(H2,23,26)(H,24,25)/t12-,16+/m1/s1. The molecule has 2 atom stereocenters. The van der Waals surface area contributed by atoms with Crippen molar-refractivity contribution in [3.8, 4) is 0 Å². The van der Waals surface area contributed by atoms with E-state index >= 15 is 0 Å². The van der Waals surface area contributed by atoms with Crippen molar-refractivity contribution in [2.24, 2.45) is 27.5 Å². The maximum absolute atomic E-state index is 12.1. The number of halogens is 1. The van der Waals surface area contributed by atoms with Gasteiger partial charge in [-0.15, -0.1) is 4.40 Å². The predicted octanol–water partition coefficient (Wildman–Crippen LogP) is 1.88. The largest absolute Gasteiger partial charge is 0.387 e. The van der Waals surface area contributed by atoms with E-state index in [4.69, 9.17) is 28.8 Å². The SMILES string of the molecule is C/C(N)=N/S(=O)(=O)c1cnc(NC[C@H](Cc2cccc(CN)c2)[C@@H](C)N)c(Cl)c1. The molecule has 0 fully saturated rings. The third-order valence-electron chi connectivity index (χ3n) is 4.38. The first-order chi connectivity index (χ1) is 13.6. The van der Waals surface area contributed by atoms with Crippen molar-refractivity contribution in [1.82, 2.24) is 4.98 Å². The fraction of sp³-hybridized carbons (Fsp3) is 0.368. The number of nitrogens with one attached hydrogen (secondary N) is 1. The first kappa shape index (κ1) is 23.1. The van der Waals surface area contributed by atoms with Crippen molar-refractivity contribution in [2.75, 3.05) is 11.9 Å². The summed E-state index contributed by atoms with van der Waals surface area (Å²) in [5.74, 6) is 0.413. The Morgan fingerprint density at radius 1 is 1.31 bits per heavy atom. The van der Waals surface area contributed by atoms with Gasteiger partial charge in [0.25, 0.3) is 10.0 Å². The Hall–Kier alpha value is -2.20. The fourth-order valence-corrected chi connectivity index (χ4v) is 4.03. The van der Waals surface area contributed by atoms with E-state index in [0.29, 0.717) is 18.9 Å². The van der Waals surface area contributed by atoms with Gasteiger partial charge in [0.1, 0.15) is 16.5 Å². The van der Waals surface area contributed by atoms with Gasteiger partial charge in [-0.3, -0.25) is 0 Å². The number of hydrogen-bond acceptors (Lipinski definition) is 6. The van der Waals surface area contributed by atoms with Gasteiger partial charge in [-0.2, -0.15) is 8.42 Å². The van der Waals surface area contributed by atoms with Gasteiger partial charge >= 0.3 is 0 Å². The molecule has 1 aromatic carbocycles. The van der Waals surface area contributed by atoms with E-state index in [1.54, 1.807) is 0 Å². The molecule has 158 valence electrons. The minimum atomic E-state index is -3.93. The molecule has 10 heteroatoms. The molecule has 0 radical (unpaired) electrons. The van der Waals surface area contributed by atoms with E-state index in [1.165, 1.54) is 19.2 Å². The number of nitrogens with zero attached hydrogens (tertiary/aromatic N) is 2.